The molecule has 0 heterocycles. The Kier molecular flexibility index (Phi) is 7.61. The van der Waals surface area contributed by atoms with Gasteiger partial charge in [0.05, 0.1) is 10.1 Å². The van der Waals surface area contributed by atoms with Gasteiger partial charge in [-0.1, -0.05) is 12.1 Å². The van der Waals surface area contributed by atoms with Gasteiger partial charge >= 0.3 is 0 Å². The highest BCUT2D eigenvalue weighted by Crippen LogP contribution is 2.24. The molecule has 0 saturated heterocycles. The summed E-state index contributed by atoms with van der Waals surface area (Å²) >= 11 is 1.42. The summed E-state index contributed by atoms with van der Waals surface area (Å²) in [4.78, 5) is 24.3. The van der Waals surface area contributed by atoms with Crippen LogP contribution in [-0.4, -0.2) is 32.0 Å². The molecule has 0 aliphatic carbocycles. The number of hydrogen-bond donors (Lipinski definition) is 3. The Morgan fingerprint density at radius 3 is 2.21 bits per heavy atom. The van der Waals surface area contributed by atoms with Crippen LogP contribution in [0.4, 0.5) is 5.69 Å². The highest BCUT2D eigenvalue weighted by Gasteiger charge is 2.14. The number of rotatable bonds is 8. The highest BCUT2D eigenvalue weighted by atomic mass is 32.2. The zero-order valence-corrected chi connectivity index (χ0v) is 17.3. The predicted octanol–water partition coefficient (Wildman–Crippen LogP) is 2.13. The lowest BCUT2D eigenvalue weighted by Crippen LogP contribution is -2.32. The van der Waals surface area contributed by atoms with Crippen molar-refractivity contribution < 1.29 is 18.0 Å². The lowest BCUT2D eigenvalue weighted by Gasteiger charge is -2.12. The Morgan fingerprint density at radius 2 is 1.68 bits per heavy atom. The van der Waals surface area contributed by atoms with Crippen LogP contribution in [0.2, 0.25) is 0 Å². The molecule has 1 atom stereocenters. The third-order valence-corrected chi connectivity index (χ3v) is 5.86. The van der Waals surface area contributed by atoms with Gasteiger partial charge in [0.15, 0.2) is 0 Å². The minimum Gasteiger partial charge on any atom is -0.355 e. The zero-order chi connectivity index (χ0) is 20.7. The van der Waals surface area contributed by atoms with E-state index in [1.54, 1.807) is 24.3 Å². The number of carbonyl (C=O) groups is 2. The largest absolute Gasteiger partial charge is 0.355 e. The molecule has 0 aliphatic heterocycles. The molecule has 9 heteroatoms. The highest BCUT2D eigenvalue weighted by molar-refractivity contribution is 8.00. The first-order valence-electron chi connectivity index (χ1n) is 8.59. The number of anilines is 1. The molecule has 0 bridgehead atoms. The number of hydrogen-bond acceptors (Lipinski definition) is 5. The van der Waals surface area contributed by atoms with Crippen molar-refractivity contribution in [3.8, 4) is 0 Å². The summed E-state index contributed by atoms with van der Waals surface area (Å²) in [6.45, 7) is 3.71. The monoisotopic (exact) mass is 421 g/mol. The van der Waals surface area contributed by atoms with E-state index in [9.17, 15) is 18.0 Å². The smallest absolute Gasteiger partial charge is 0.238 e. The number of sulfonamides is 1. The number of nitrogens with one attached hydrogen (secondary N) is 2. The first-order valence-corrected chi connectivity index (χ1v) is 11.0. The van der Waals surface area contributed by atoms with Crippen LogP contribution in [0.15, 0.2) is 58.3 Å². The maximum Gasteiger partial charge on any atom is 0.238 e. The second-order valence-corrected chi connectivity index (χ2v) is 9.17. The average molecular weight is 422 g/mol. The average Bonchev–Trinajstić information content (AvgIpc) is 2.62. The molecule has 2 aromatic rings. The minimum absolute atomic E-state index is 0.0647. The minimum atomic E-state index is -3.70. The van der Waals surface area contributed by atoms with Gasteiger partial charge in [-0.05, 0) is 55.3 Å². The summed E-state index contributed by atoms with van der Waals surface area (Å²) in [6.07, 6.45) is 0.583. The standard InChI is InChI=1S/C19H23N3O4S2/c1-13(27-17-7-5-16(6-8-17)22-14(2)23)19(24)21-12-11-15-3-9-18(10-4-15)28(20,25)26/h3-10,13H,11-12H2,1-2H3,(H,21,24)(H,22,23)(H2,20,25,26)/t13-/m1/s1. The maximum atomic E-state index is 12.3. The van der Waals surface area contributed by atoms with E-state index >= 15 is 0 Å². The molecule has 4 N–H and O–H groups in total. The normalized spacial score (nSPS) is 12.2. The molecule has 0 radical (unpaired) electrons. The van der Waals surface area contributed by atoms with Crippen LogP contribution in [-0.2, 0) is 26.0 Å². The predicted molar refractivity (Wildman–Crippen MR) is 111 cm³/mol. The van der Waals surface area contributed by atoms with Gasteiger partial charge in [-0.15, -0.1) is 11.8 Å². The molecule has 2 aromatic carbocycles. The molecule has 2 amide bonds. The number of primary sulfonamides is 1. The van der Waals surface area contributed by atoms with E-state index in [4.69, 9.17) is 5.14 Å². The van der Waals surface area contributed by atoms with Crippen molar-refractivity contribution in [1.29, 1.82) is 0 Å². The number of nitrogens with two attached hydrogens (primary N) is 1. The Bertz CT molecular complexity index is 927. The fourth-order valence-corrected chi connectivity index (χ4v) is 3.80. The van der Waals surface area contributed by atoms with Crippen LogP contribution in [0.3, 0.4) is 0 Å². The molecule has 0 spiro atoms. The van der Waals surface area contributed by atoms with E-state index in [0.717, 1.165) is 10.5 Å². The molecule has 0 unspecified atom stereocenters. The van der Waals surface area contributed by atoms with Gasteiger partial charge in [0.1, 0.15) is 0 Å². The van der Waals surface area contributed by atoms with E-state index in [2.05, 4.69) is 10.6 Å². The van der Waals surface area contributed by atoms with Gasteiger partial charge in [0, 0.05) is 24.1 Å². The SMILES string of the molecule is CC(=O)Nc1ccc(S[C@H](C)C(=O)NCCc2ccc(S(N)(=O)=O)cc2)cc1. The van der Waals surface area contributed by atoms with Crippen molar-refractivity contribution >= 4 is 39.3 Å². The second kappa shape index (κ2) is 9.72. The van der Waals surface area contributed by atoms with Gasteiger partial charge in [-0.2, -0.15) is 0 Å². The molecule has 28 heavy (non-hydrogen) atoms. The Morgan fingerprint density at radius 1 is 1.07 bits per heavy atom. The third kappa shape index (κ3) is 6.99. The number of thioether (sulfide) groups is 1. The van der Waals surface area contributed by atoms with Gasteiger partial charge in [0.25, 0.3) is 0 Å². The van der Waals surface area contributed by atoms with Crippen LogP contribution < -0.4 is 15.8 Å². The Balaban J connectivity index is 1.80. The van der Waals surface area contributed by atoms with E-state index in [1.807, 2.05) is 19.1 Å². The van der Waals surface area contributed by atoms with E-state index in [0.29, 0.717) is 18.7 Å². The molecule has 0 aromatic heterocycles. The van der Waals surface area contributed by atoms with Crippen LogP contribution in [0, 0.1) is 0 Å². The van der Waals surface area contributed by atoms with Crippen molar-refractivity contribution in [2.75, 3.05) is 11.9 Å². The number of amides is 2. The van der Waals surface area contributed by atoms with Crippen LogP contribution in [0.25, 0.3) is 0 Å². The molecule has 0 fully saturated rings. The molecular weight excluding hydrogens is 398 g/mol. The van der Waals surface area contributed by atoms with Gasteiger partial charge < -0.3 is 10.6 Å². The van der Waals surface area contributed by atoms with Crippen LogP contribution >= 0.6 is 11.8 Å². The van der Waals surface area contributed by atoms with Gasteiger partial charge in [-0.3, -0.25) is 9.59 Å². The lowest BCUT2D eigenvalue weighted by molar-refractivity contribution is -0.120. The second-order valence-electron chi connectivity index (χ2n) is 6.20. The fraction of sp³-hybridized carbons (Fsp3) is 0.263. The van der Waals surface area contributed by atoms with Crippen molar-refractivity contribution in [3.05, 3.63) is 54.1 Å². The van der Waals surface area contributed by atoms with Gasteiger partial charge in [-0.25, -0.2) is 13.6 Å². The Hall–Kier alpha value is -2.36. The topological polar surface area (TPSA) is 118 Å². The number of carbonyl (C=O) groups excluding carboxylic acids is 2. The van der Waals surface area contributed by atoms with Crippen molar-refractivity contribution in [3.63, 3.8) is 0 Å². The van der Waals surface area contributed by atoms with Crippen molar-refractivity contribution in [1.82, 2.24) is 5.32 Å². The molecule has 0 saturated carbocycles. The van der Waals surface area contributed by atoms with E-state index in [-0.39, 0.29) is 22.0 Å². The lowest BCUT2D eigenvalue weighted by atomic mass is 10.1. The zero-order valence-electron chi connectivity index (χ0n) is 15.6. The first-order chi connectivity index (χ1) is 13.1. The van der Waals surface area contributed by atoms with Gasteiger partial charge in [0.2, 0.25) is 21.8 Å². The summed E-state index contributed by atoms with van der Waals surface area (Å²) in [5.74, 6) is -0.218. The molecule has 0 aliphatic rings. The van der Waals surface area contributed by atoms with Crippen molar-refractivity contribution in [2.24, 2.45) is 5.14 Å². The van der Waals surface area contributed by atoms with Crippen LogP contribution in [0.1, 0.15) is 19.4 Å². The van der Waals surface area contributed by atoms with E-state index < -0.39 is 10.0 Å². The molecule has 2 rings (SSSR count). The molecule has 7 nitrogen and oxygen atoms in total. The summed E-state index contributed by atoms with van der Waals surface area (Å²) in [7, 11) is -3.70. The van der Waals surface area contributed by atoms with Crippen molar-refractivity contribution in [2.45, 2.75) is 35.3 Å². The quantitative estimate of drug-likeness (QED) is 0.564. The summed E-state index contributed by atoms with van der Waals surface area (Å²) in [5.41, 5.74) is 1.61. The maximum absolute atomic E-state index is 12.3. The fourth-order valence-electron chi connectivity index (χ4n) is 2.40. The summed E-state index contributed by atoms with van der Waals surface area (Å²) in [5, 5.41) is 10.4. The summed E-state index contributed by atoms with van der Waals surface area (Å²) < 4.78 is 22.5. The molecular formula is C19H23N3O4S2. The molecule has 150 valence electrons. The van der Waals surface area contributed by atoms with Crippen LogP contribution in [0.5, 0.6) is 0 Å². The van der Waals surface area contributed by atoms with E-state index in [1.165, 1.54) is 30.8 Å². The number of benzene rings is 2. The third-order valence-electron chi connectivity index (χ3n) is 3.82. The summed E-state index contributed by atoms with van der Waals surface area (Å²) in [6, 6.07) is 13.6. The first kappa shape index (κ1) is 21.9. The Labute approximate surface area is 169 Å².